The van der Waals surface area contributed by atoms with Gasteiger partial charge in [0.05, 0.1) is 9.85 Å². The number of aromatic hydroxyl groups is 4. The molecule has 4 aromatic rings. The standard InChI is InChI=1S/2C11H10N4O4S2.Co/c2*1-2-14-10(17)9(21-11(14)20)13-12-7-5-6(15(18)19)3-4-8(7)16;/h2*3-5,16-17H,2H2,1H3;. The van der Waals surface area contributed by atoms with Crippen LogP contribution in [0.3, 0.4) is 0 Å². The van der Waals surface area contributed by atoms with Gasteiger partial charge in [0.2, 0.25) is 21.8 Å². The zero-order valence-corrected chi connectivity index (χ0v) is 26.2. The van der Waals surface area contributed by atoms with E-state index in [0.717, 1.165) is 59.1 Å². The summed E-state index contributed by atoms with van der Waals surface area (Å²) in [5, 5.41) is 75.7. The van der Waals surface area contributed by atoms with Crippen molar-refractivity contribution in [3.8, 4) is 23.3 Å². The first kappa shape index (κ1) is 35.0. The molecule has 0 aliphatic carbocycles. The maximum absolute atomic E-state index is 10.7. The van der Waals surface area contributed by atoms with Crippen LogP contribution in [0.5, 0.6) is 23.3 Å². The molecule has 0 saturated heterocycles. The van der Waals surface area contributed by atoms with Gasteiger partial charge in [-0.2, -0.15) is 0 Å². The molecule has 2 heterocycles. The number of phenolic OH excluding ortho intramolecular Hbond substituents is 2. The van der Waals surface area contributed by atoms with Crippen molar-refractivity contribution in [3.05, 3.63) is 64.5 Å². The van der Waals surface area contributed by atoms with Gasteiger partial charge in [-0.3, -0.25) is 29.4 Å². The molecule has 16 nitrogen and oxygen atoms in total. The number of hydrogen-bond donors (Lipinski definition) is 4. The first-order valence-electron chi connectivity index (χ1n) is 11.5. The fourth-order valence-electron chi connectivity index (χ4n) is 3.07. The Bertz CT molecular complexity index is 1700. The average Bonchev–Trinajstić information content (AvgIpc) is 3.39. The van der Waals surface area contributed by atoms with Crippen molar-refractivity contribution in [2.75, 3.05) is 0 Å². The molecule has 4 N–H and O–H groups in total. The second-order valence-electron chi connectivity index (χ2n) is 7.74. The predicted octanol–water partition coefficient (Wildman–Crippen LogP) is 8.07. The molecule has 21 heteroatoms. The first-order valence-corrected chi connectivity index (χ1v) is 14.0. The van der Waals surface area contributed by atoms with Gasteiger partial charge in [0, 0.05) is 54.1 Å². The van der Waals surface area contributed by atoms with E-state index in [4.69, 9.17) is 24.4 Å². The van der Waals surface area contributed by atoms with E-state index in [1.54, 1.807) is 0 Å². The summed E-state index contributed by atoms with van der Waals surface area (Å²) in [6, 6.07) is 6.81. The van der Waals surface area contributed by atoms with Gasteiger partial charge in [-0.1, -0.05) is 22.7 Å². The molecular formula is C22H20CoN8O8S4. The number of nitro benzene ring substituents is 2. The predicted molar refractivity (Wildman–Crippen MR) is 159 cm³/mol. The zero-order chi connectivity index (χ0) is 31.1. The van der Waals surface area contributed by atoms with Crippen LogP contribution in [0.25, 0.3) is 0 Å². The normalized spacial score (nSPS) is 10.8. The molecule has 43 heavy (non-hydrogen) atoms. The van der Waals surface area contributed by atoms with E-state index in [-0.39, 0.29) is 72.8 Å². The Morgan fingerprint density at radius 1 is 0.721 bits per heavy atom. The Balaban J connectivity index is 0.000000293. The number of non-ortho nitro benzene ring substituents is 2. The SMILES string of the molecule is CCn1c(O)c(N=Nc2cc([N+](=O)[O-])ccc2O)sc1=S.CCn1c(O)c(N=Nc2cc([N+](=O)[O-])ccc2O)sc1=S.[Co]. The monoisotopic (exact) mass is 711 g/mol. The number of nitrogens with zero attached hydrogens (tertiary/aromatic N) is 8. The third-order valence-electron chi connectivity index (χ3n) is 5.17. The summed E-state index contributed by atoms with van der Waals surface area (Å²) in [6.45, 7) is 4.60. The van der Waals surface area contributed by atoms with E-state index in [0.29, 0.717) is 21.0 Å². The van der Waals surface area contributed by atoms with E-state index < -0.39 is 9.85 Å². The van der Waals surface area contributed by atoms with Gasteiger partial charge in [-0.25, -0.2) is 0 Å². The summed E-state index contributed by atoms with van der Waals surface area (Å²) in [6.07, 6.45) is 0. The number of rotatable bonds is 8. The van der Waals surface area contributed by atoms with Crippen molar-refractivity contribution in [1.82, 2.24) is 9.13 Å². The summed E-state index contributed by atoms with van der Waals surface area (Å²) in [4.78, 5) is 20.1. The summed E-state index contributed by atoms with van der Waals surface area (Å²) in [5.41, 5.74) is -0.564. The Morgan fingerprint density at radius 2 is 1.07 bits per heavy atom. The Hall–Kier alpha value is -4.15. The smallest absolute Gasteiger partial charge is 0.271 e. The average molecular weight is 712 g/mol. The molecule has 0 unspecified atom stereocenters. The molecule has 2 aromatic heterocycles. The van der Waals surface area contributed by atoms with Crippen LogP contribution >= 0.6 is 47.1 Å². The molecule has 0 aliphatic rings. The maximum Gasteiger partial charge on any atom is 0.271 e. The van der Waals surface area contributed by atoms with Crippen LogP contribution in [-0.2, 0) is 29.9 Å². The van der Waals surface area contributed by atoms with Crippen molar-refractivity contribution in [1.29, 1.82) is 0 Å². The van der Waals surface area contributed by atoms with Crippen molar-refractivity contribution in [3.63, 3.8) is 0 Å². The second-order valence-corrected chi connectivity index (χ2v) is 11.0. The molecule has 0 fully saturated rings. The topological polar surface area (TPSA) is 226 Å². The molecule has 4 rings (SSSR count). The minimum atomic E-state index is -0.604. The number of azo groups is 2. The third kappa shape index (κ3) is 8.45. The van der Waals surface area contributed by atoms with E-state index in [1.165, 1.54) is 9.13 Å². The summed E-state index contributed by atoms with van der Waals surface area (Å²) >= 11 is 12.2. The summed E-state index contributed by atoms with van der Waals surface area (Å²) < 4.78 is 3.82. The summed E-state index contributed by atoms with van der Waals surface area (Å²) in [5.74, 6) is -0.743. The minimum absolute atomic E-state index is 0. The van der Waals surface area contributed by atoms with Crippen LogP contribution < -0.4 is 0 Å². The quantitative estimate of drug-likeness (QED) is 0.0594. The molecule has 229 valence electrons. The van der Waals surface area contributed by atoms with Crippen molar-refractivity contribution >= 4 is 79.9 Å². The first-order chi connectivity index (χ1) is 19.9. The molecule has 0 bridgehead atoms. The molecule has 0 saturated carbocycles. The molecular weight excluding hydrogens is 691 g/mol. The van der Waals surface area contributed by atoms with Gasteiger partial charge in [0.15, 0.2) is 7.91 Å². The van der Waals surface area contributed by atoms with Gasteiger partial charge in [-0.15, -0.1) is 20.5 Å². The van der Waals surface area contributed by atoms with Gasteiger partial charge in [0.25, 0.3) is 11.4 Å². The Morgan fingerprint density at radius 3 is 1.35 bits per heavy atom. The third-order valence-corrected chi connectivity index (χ3v) is 7.82. The minimum Gasteiger partial charge on any atom is -0.506 e. The number of benzene rings is 2. The number of aromatic nitrogens is 2. The van der Waals surface area contributed by atoms with Crippen LogP contribution in [-0.4, -0.2) is 39.4 Å². The van der Waals surface area contributed by atoms with Gasteiger partial charge < -0.3 is 20.4 Å². The Kier molecular flexibility index (Phi) is 12.5. The van der Waals surface area contributed by atoms with E-state index in [2.05, 4.69) is 20.5 Å². The van der Waals surface area contributed by atoms with Gasteiger partial charge >= 0.3 is 0 Å². The zero-order valence-electron chi connectivity index (χ0n) is 21.8. The molecule has 0 aliphatic heterocycles. The van der Waals surface area contributed by atoms with E-state index >= 15 is 0 Å². The van der Waals surface area contributed by atoms with Crippen LogP contribution in [0.2, 0.25) is 0 Å². The molecule has 0 amide bonds. The van der Waals surface area contributed by atoms with Crippen molar-refractivity contribution in [2.45, 2.75) is 26.9 Å². The fourth-order valence-corrected chi connectivity index (χ4v) is 5.52. The van der Waals surface area contributed by atoms with Crippen molar-refractivity contribution < 1.29 is 47.1 Å². The number of nitro groups is 2. The largest absolute Gasteiger partial charge is 0.506 e. The fraction of sp³-hybridized carbons (Fsp3) is 0.182. The molecule has 0 atom stereocenters. The number of hydrogen-bond acceptors (Lipinski definition) is 16. The Labute approximate surface area is 270 Å². The van der Waals surface area contributed by atoms with Gasteiger partial charge in [0.1, 0.15) is 22.9 Å². The van der Waals surface area contributed by atoms with Crippen LogP contribution in [0, 0.1) is 28.1 Å². The molecule has 0 spiro atoms. The number of thiazole rings is 2. The van der Waals surface area contributed by atoms with Crippen LogP contribution in [0.15, 0.2) is 56.9 Å². The van der Waals surface area contributed by atoms with E-state index in [1.807, 2.05) is 13.8 Å². The summed E-state index contributed by atoms with van der Waals surface area (Å²) in [7, 11) is 0. The molecule has 2 aromatic carbocycles. The van der Waals surface area contributed by atoms with Crippen LogP contribution in [0.1, 0.15) is 13.8 Å². The van der Waals surface area contributed by atoms with Gasteiger partial charge in [-0.05, 0) is 50.4 Å². The molecule has 1 radical (unpaired) electrons. The van der Waals surface area contributed by atoms with Crippen molar-refractivity contribution in [2.24, 2.45) is 20.5 Å². The number of phenols is 2. The van der Waals surface area contributed by atoms with Crippen LogP contribution in [0.4, 0.5) is 32.8 Å². The van der Waals surface area contributed by atoms with E-state index in [9.17, 15) is 40.7 Å². The maximum atomic E-state index is 10.7. The second kappa shape index (κ2) is 15.4.